The van der Waals surface area contributed by atoms with Gasteiger partial charge in [-0.2, -0.15) is 13.2 Å². The summed E-state index contributed by atoms with van der Waals surface area (Å²) >= 11 is 0. The standard InChI is InChI=1S/C16H24F3NO/c1-3-4-5-6-9-21-15-8-7-13(10-12(2)20)11-14(15)16(17,18)19/h7-8,11-12H,3-6,9-10,20H2,1-2H3. The van der Waals surface area contributed by atoms with Gasteiger partial charge in [0, 0.05) is 6.04 Å². The lowest BCUT2D eigenvalue weighted by Gasteiger charge is -2.16. The van der Waals surface area contributed by atoms with Gasteiger partial charge in [-0.1, -0.05) is 32.3 Å². The summed E-state index contributed by atoms with van der Waals surface area (Å²) in [5.41, 5.74) is 5.50. The predicted molar refractivity (Wildman–Crippen MR) is 78.4 cm³/mol. The topological polar surface area (TPSA) is 35.2 Å². The number of hydrogen-bond donors (Lipinski definition) is 1. The minimum Gasteiger partial charge on any atom is -0.493 e. The summed E-state index contributed by atoms with van der Waals surface area (Å²) in [7, 11) is 0. The van der Waals surface area contributed by atoms with Crippen molar-refractivity contribution in [3.63, 3.8) is 0 Å². The molecule has 0 amide bonds. The zero-order valence-electron chi connectivity index (χ0n) is 12.7. The fourth-order valence-electron chi connectivity index (χ4n) is 2.13. The Morgan fingerprint density at radius 1 is 1.19 bits per heavy atom. The Kier molecular flexibility index (Phi) is 7.02. The second-order valence-electron chi connectivity index (χ2n) is 5.42. The monoisotopic (exact) mass is 303 g/mol. The van der Waals surface area contributed by atoms with Crippen LogP contribution in [0, 0.1) is 0 Å². The van der Waals surface area contributed by atoms with E-state index in [1.807, 2.05) is 0 Å². The molecule has 1 unspecified atom stereocenters. The highest BCUT2D eigenvalue weighted by Crippen LogP contribution is 2.37. The Bertz CT molecular complexity index is 430. The Labute approximate surface area is 124 Å². The van der Waals surface area contributed by atoms with Crippen molar-refractivity contribution in [1.82, 2.24) is 0 Å². The van der Waals surface area contributed by atoms with E-state index in [2.05, 4.69) is 6.92 Å². The van der Waals surface area contributed by atoms with Crippen molar-refractivity contribution >= 4 is 0 Å². The van der Waals surface area contributed by atoms with Crippen LogP contribution in [-0.2, 0) is 12.6 Å². The van der Waals surface area contributed by atoms with E-state index in [1.54, 1.807) is 13.0 Å². The van der Waals surface area contributed by atoms with Gasteiger partial charge in [0.2, 0.25) is 0 Å². The number of hydrogen-bond acceptors (Lipinski definition) is 2. The summed E-state index contributed by atoms with van der Waals surface area (Å²) < 4.78 is 44.6. The SMILES string of the molecule is CCCCCCOc1ccc(CC(C)N)cc1C(F)(F)F. The van der Waals surface area contributed by atoms with Gasteiger partial charge in [0.25, 0.3) is 0 Å². The van der Waals surface area contributed by atoms with Crippen molar-refractivity contribution in [1.29, 1.82) is 0 Å². The second kappa shape index (κ2) is 8.27. The highest BCUT2D eigenvalue weighted by atomic mass is 19.4. The van der Waals surface area contributed by atoms with Crippen LogP contribution < -0.4 is 10.5 Å². The first-order chi connectivity index (χ1) is 9.84. The molecule has 0 aromatic heterocycles. The molecule has 0 aliphatic heterocycles. The Morgan fingerprint density at radius 2 is 1.90 bits per heavy atom. The fourth-order valence-corrected chi connectivity index (χ4v) is 2.13. The molecule has 21 heavy (non-hydrogen) atoms. The lowest BCUT2D eigenvalue weighted by molar-refractivity contribution is -0.139. The quantitative estimate of drug-likeness (QED) is 0.715. The molecule has 0 aliphatic carbocycles. The number of rotatable bonds is 8. The van der Waals surface area contributed by atoms with Crippen molar-refractivity contribution in [2.24, 2.45) is 5.73 Å². The van der Waals surface area contributed by atoms with E-state index in [0.717, 1.165) is 31.7 Å². The normalized spacial score (nSPS) is 13.2. The van der Waals surface area contributed by atoms with Gasteiger partial charge in [0.05, 0.1) is 12.2 Å². The third-order valence-corrected chi connectivity index (χ3v) is 3.16. The van der Waals surface area contributed by atoms with Gasteiger partial charge in [-0.05, 0) is 37.5 Å². The number of ether oxygens (including phenoxy) is 1. The van der Waals surface area contributed by atoms with Gasteiger partial charge < -0.3 is 10.5 Å². The third kappa shape index (κ3) is 6.38. The third-order valence-electron chi connectivity index (χ3n) is 3.16. The first kappa shape index (κ1) is 17.8. The molecule has 0 aliphatic rings. The number of halogens is 3. The first-order valence-corrected chi connectivity index (χ1v) is 7.43. The van der Waals surface area contributed by atoms with Crippen LogP contribution in [0.15, 0.2) is 18.2 Å². The van der Waals surface area contributed by atoms with Gasteiger partial charge >= 0.3 is 6.18 Å². The van der Waals surface area contributed by atoms with Crippen LogP contribution in [-0.4, -0.2) is 12.6 Å². The molecule has 5 heteroatoms. The molecular weight excluding hydrogens is 279 g/mol. The van der Waals surface area contributed by atoms with Gasteiger partial charge in [-0.3, -0.25) is 0 Å². The average Bonchev–Trinajstić information content (AvgIpc) is 2.38. The maximum absolute atomic E-state index is 13.1. The number of unbranched alkanes of at least 4 members (excludes halogenated alkanes) is 3. The summed E-state index contributed by atoms with van der Waals surface area (Å²) in [5.74, 6) is -0.0903. The molecule has 0 fully saturated rings. The molecule has 2 nitrogen and oxygen atoms in total. The van der Waals surface area contributed by atoms with E-state index in [-0.39, 0.29) is 11.8 Å². The van der Waals surface area contributed by atoms with Crippen molar-refractivity contribution in [2.45, 2.75) is 58.2 Å². The maximum atomic E-state index is 13.1. The van der Waals surface area contributed by atoms with Gasteiger partial charge in [0.1, 0.15) is 5.75 Å². The van der Waals surface area contributed by atoms with Crippen molar-refractivity contribution in [3.05, 3.63) is 29.3 Å². The Balaban J connectivity index is 2.77. The molecule has 1 atom stereocenters. The molecule has 1 aromatic rings. The smallest absolute Gasteiger partial charge is 0.419 e. The van der Waals surface area contributed by atoms with E-state index >= 15 is 0 Å². The fraction of sp³-hybridized carbons (Fsp3) is 0.625. The summed E-state index contributed by atoms with van der Waals surface area (Å²) in [6.07, 6.45) is -0.0949. The zero-order chi connectivity index (χ0) is 15.9. The molecule has 0 heterocycles. The highest BCUT2D eigenvalue weighted by molar-refractivity contribution is 5.39. The highest BCUT2D eigenvalue weighted by Gasteiger charge is 2.34. The molecule has 0 radical (unpaired) electrons. The lowest BCUT2D eigenvalue weighted by atomic mass is 10.0. The minimum absolute atomic E-state index is 0.0903. The largest absolute Gasteiger partial charge is 0.493 e. The number of alkyl halides is 3. The first-order valence-electron chi connectivity index (χ1n) is 7.43. The average molecular weight is 303 g/mol. The van der Waals surface area contributed by atoms with Crippen LogP contribution >= 0.6 is 0 Å². The Morgan fingerprint density at radius 3 is 2.48 bits per heavy atom. The van der Waals surface area contributed by atoms with Crippen LogP contribution in [0.2, 0.25) is 0 Å². The maximum Gasteiger partial charge on any atom is 0.419 e. The van der Waals surface area contributed by atoms with E-state index < -0.39 is 11.7 Å². The van der Waals surface area contributed by atoms with Crippen LogP contribution in [0.4, 0.5) is 13.2 Å². The van der Waals surface area contributed by atoms with E-state index in [4.69, 9.17) is 10.5 Å². The minimum atomic E-state index is -4.41. The van der Waals surface area contributed by atoms with E-state index in [9.17, 15) is 13.2 Å². The summed E-state index contributed by atoms with van der Waals surface area (Å²) in [6, 6.07) is 4.03. The Hall–Kier alpha value is -1.23. The molecular formula is C16H24F3NO. The molecule has 0 spiro atoms. The zero-order valence-corrected chi connectivity index (χ0v) is 12.7. The number of nitrogens with two attached hydrogens (primary N) is 1. The number of benzene rings is 1. The van der Waals surface area contributed by atoms with Gasteiger partial charge in [0.15, 0.2) is 0 Å². The van der Waals surface area contributed by atoms with Gasteiger partial charge in [-0.15, -0.1) is 0 Å². The predicted octanol–water partition coefficient (Wildman–Crippen LogP) is 4.55. The summed E-state index contributed by atoms with van der Waals surface area (Å²) in [4.78, 5) is 0. The molecule has 0 bridgehead atoms. The van der Waals surface area contributed by atoms with E-state index in [1.165, 1.54) is 6.07 Å². The van der Waals surface area contributed by atoms with Crippen LogP contribution in [0.1, 0.15) is 50.7 Å². The van der Waals surface area contributed by atoms with Crippen LogP contribution in [0.25, 0.3) is 0 Å². The molecule has 1 rings (SSSR count). The molecule has 120 valence electrons. The molecule has 2 N–H and O–H groups in total. The van der Waals surface area contributed by atoms with Gasteiger partial charge in [-0.25, -0.2) is 0 Å². The molecule has 1 aromatic carbocycles. The van der Waals surface area contributed by atoms with Crippen molar-refractivity contribution < 1.29 is 17.9 Å². The van der Waals surface area contributed by atoms with E-state index in [0.29, 0.717) is 18.6 Å². The van der Waals surface area contributed by atoms with Crippen molar-refractivity contribution in [2.75, 3.05) is 6.61 Å². The molecule has 0 saturated heterocycles. The lowest BCUT2D eigenvalue weighted by Crippen LogP contribution is -2.18. The van der Waals surface area contributed by atoms with Crippen molar-refractivity contribution in [3.8, 4) is 5.75 Å². The van der Waals surface area contributed by atoms with Crippen LogP contribution in [0.5, 0.6) is 5.75 Å². The molecule has 0 saturated carbocycles. The second-order valence-corrected chi connectivity index (χ2v) is 5.42. The van der Waals surface area contributed by atoms with Crippen LogP contribution in [0.3, 0.4) is 0 Å². The summed E-state index contributed by atoms with van der Waals surface area (Å²) in [5, 5.41) is 0. The summed E-state index contributed by atoms with van der Waals surface area (Å²) in [6.45, 7) is 4.17.